The van der Waals surface area contributed by atoms with Crippen LogP contribution in [-0.2, 0) is 6.42 Å². The van der Waals surface area contributed by atoms with Gasteiger partial charge in [0, 0.05) is 22.8 Å². The summed E-state index contributed by atoms with van der Waals surface area (Å²) < 4.78 is 11.7. The van der Waals surface area contributed by atoms with Crippen molar-refractivity contribution in [3.05, 3.63) is 63.7 Å². The number of fused-ring (bicyclic) bond motifs is 1. The second kappa shape index (κ2) is 9.09. The van der Waals surface area contributed by atoms with Crippen LogP contribution in [-0.4, -0.2) is 19.0 Å². The Morgan fingerprint density at radius 3 is 2.46 bits per heavy atom. The van der Waals surface area contributed by atoms with E-state index in [4.69, 9.17) is 9.47 Å². The number of ether oxygens (including phenoxy) is 2. The first-order chi connectivity index (χ1) is 13.5. The van der Waals surface area contributed by atoms with Gasteiger partial charge in [0.2, 0.25) is 0 Å². The van der Waals surface area contributed by atoms with Gasteiger partial charge >= 0.3 is 0 Å². The molecule has 0 heterocycles. The van der Waals surface area contributed by atoms with E-state index in [0.717, 1.165) is 59.4 Å². The number of rotatable bonds is 7. The second-order valence-corrected chi connectivity index (χ2v) is 7.50. The average Bonchev–Trinajstić information content (AvgIpc) is 2.68. The summed E-state index contributed by atoms with van der Waals surface area (Å²) in [5.74, 6) is 1.73. The molecule has 28 heavy (non-hydrogen) atoms. The molecule has 0 fully saturated rings. The molecule has 0 radical (unpaired) electrons. The highest BCUT2D eigenvalue weighted by Gasteiger charge is 2.24. The zero-order valence-electron chi connectivity index (χ0n) is 17.4. The monoisotopic (exact) mass is 378 g/mol. The van der Waals surface area contributed by atoms with E-state index < -0.39 is 0 Å². The number of benzene rings is 2. The van der Waals surface area contributed by atoms with Crippen LogP contribution in [0.1, 0.15) is 65.7 Å². The highest BCUT2D eigenvalue weighted by atomic mass is 16.5. The normalized spacial score (nSPS) is 14.9. The minimum absolute atomic E-state index is 0.140. The van der Waals surface area contributed by atoms with E-state index in [2.05, 4.69) is 26.8 Å². The fourth-order valence-electron chi connectivity index (χ4n) is 3.68. The maximum atomic E-state index is 13.1. The molecule has 1 aliphatic rings. The van der Waals surface area contributed by atoms with Crippen LogP contribution in [0.2, 0.25) is 0 Å². The molecule has 0 spiro atoms. The van der Waals surface area contributed by atoms with Crippen LogP contribution >= 0.6 is 0 Å². The van der Waals surface area contributed by atoms with Gasteiger partial charge in [0.1, 0.15) is 11.5 Å². The van der Waals surface area contributed by atoms with Crippen LogP contribution in [0.5, 0.6) is 11.5 Å². The first-order valence-corrected chi connectivity index (χ1v) is 10.3. The zero-order chi connectivity index (χ0) is 20.1. The highest BCUT2D eigenvalue weighted by Crippen LogP contribution is 2.33. The molecule has 3 heteroatoms. The van der Waals surface area contributed by atoms with Crippen LogP contribution in [0.4, 0.5) is 0 Å². The van der Waals surface area contributed by atoms with Crippen molar-refractivity contribution < 1.29 is 14.3 Å². The molecule has 1 aliphatic carbocycles. The van der Waals surface area contributed by atoms with E-state index in [1.54, 1.807) is 0 Å². The molecule has 0 saturated carbocycles. The largest absolute Gasteiger partial charge is 0.493 e. The summed E-state index contributed by atoms with van der Waals surface area (Å²) in [7, 11) is 0. The summed E-state index contributed by atoms with van der Waals surface area (Å²) in [6.45, 7) is 9.64. The lowest BCUT2D eigenvalue weighted by Gasteiger charge is -2.21. The van der Waals surface area contributed by atoms with Gasteiger partial charge in [-0.05, 0) is 74.9 Å². The van der Waals surface area contributed by atoms with Gasteiger partial charge in [-0.25, -0.2) is 0 Å². The number of carbonyl (C=O) groups excluding carboxylic acids is 1. The Balaban J connectivity index is 1.94. The zero-order valence-corrected chi connectivity index (χ0v) is 17.4. The maximum Gasteiger partial charge on any atom is 0.189 e. The van der Waals surface area contributed by atoms with Crippen molar-refractivity contribution >= 4 is 11.9 Å². The van der Waals surface area contributed by atoms with E-state index >= 15 is 0 Å². The molecule has 2 aromatic rings. The molecule has 2 aromatic carbocycles. The van der Waals surface area contributed by atoms with Gasteiger partial charge in [-0.3, -0.25) is 4.79 Å². The summed E-state index contributed by atoms with van der Waals surface area (Å²) in [5, 5.41) is 0. The predicted octanol–water partition coefficient (Wildman–Crippen LogP) is 6.09. The van der Waals surface area contributed by atoms with E-state index in [0.29, 0.717) is 13.2 Å². The minimum Gasteiger partial charge on any atom is -0.493 e. The first-order valence-electron chi connectivity index (χ1n) is 10.3. The fourth-order valence-corrected chi connectivity index (χ4v) is 3.68. The smallest absolute Gasteiger partial charge is 0.189 e. The topological polar surface area (TPSA) is 35.5 Å². The number of carbonyl (C=O) groups is 1. The van der Waals surface area contributed by atoms with Crippen molar-refractivity contribution in [3.8, 4) is 11.5 Å². The number of allylic oxidation sites excluding steroid dienone is 1. The van der Waals surface area contributed by atoms with Crippen LogP contribution in [0.15, 0.2) is 35.9 Å². The third-order valence-electron chi connectivity index (χ3n) is 5.05. The lowest BCUT2D eigenvalue weighted by molar-refractivity contribution is 0.102. The fraction of sp³-hybridized carbons (Fsp3) is 0.400. The van der Waals surface area contributed by atoms with Gasteiger partial charge in [0.15, 0.2) is 5.78 Å². The third kappa shape index (κ3) is 4.46. The number of hydrogen-bond donors (Lipinski definition) is 0. The lowest BCUT2D eigenvalue weighted by atomic mass is 9.83. The van der Waals surface area contributed by atoms with E-state index in [-0.39, 0.29) is 5.78 Å². The molecule has 0 saturated heterocycles. The van der Waals surface area contributed by atoms with Crippen molar-refractivity contribution in [1.29, 1.82) is 0 Å². The van der Waals surface area contributed by atoms with Crippen LogP contribution < -0.4 is 9.47 Å². The highest BCUT2D eigenvalue weighted by molar-refractivity contribution is 6.13. The van der Waals surface area contributed by atoms with Crippen molar-refractivity contribution in [2.75, 3.05) is 13.2 Å². The summed E-state index contributed by atoms with van der Waals surface area (Å²) >= 11 is 0. The SMILES string of the molecule is CCCOc1ccc(/C=C2\CCc3c(C)cc(C)cc3C2=O)c(OCCC)c1. The Kier molecular flexibility index (Phi) is 6.56. The summed E-state index contributed by atoms with van der Waals surface area (Å²) in [6.07, 6.45) is 5.56. The van der Waals surface area contributed by atoms with E-state index in [1.165, 1.54) is 11.1 Å². The van der Waals surface area contributed by atoms with Crippen LogP contribution in [0.3, 0.4) is 0 Å². The van der Waals surface area contributed by atoms with Gasteiger partial charge in [-0.1, -0.05) is 25.5 Å². The van der Waals surface area contributed by atoms with Gasteiger partial charge in [0.05, 0.1) is 13.2 Å². The number of ketones is 1. The predicted molar refractivity (Wildman–Crippen MR) is 115 cm³/mol. The molecule has 0 aliphatic heterocycles. The summed E-state index contributed by atoms with van der Waals surface area (Å²) in [5.41, 5.74) is 6.18. The number of hydrogen-bond acceptors (Lipinski definition) is 3. The molecule has 0 aromatic heterocycles. The summed E-state index contributed by atoms with van der Waals surface area (Å²) in [6, 6.07) is 10.1. The van der Waals surface area contributed by atoms with Crippen molar-refractivity contribution in [1.82, 2.24) is 0 Å². The molecular formula is C25H30O3. The standard InChI is InChI=1S/C25H30O3/c1-5-11-27-21-9-7-19(24(16-21)28-12-6-2)15-20-8-10-22-18(4)13-17(3)14-23(22)25(20)26/h7,9,13-16H,5-6,8,10-12H2,1-4H3/b20-15+. The minimum atomic E-state index is 0.140. The van der Waals surface area contributed by atoms with Crippen molar-refractivity contribution in [2.24, 2.45) is 0 Å². The van der Waals surface area contributed by atoms with Gasteiger partial charge in [0.25, 0.3) is 0 Å². The first kappa shape index (κ1) is 20.2. The Hall–Kier alpha value is -2.55. The molecule has 148 valence electrons. The average molecular weight is 379 g/mol. The number of Topliss-reactive ketones (excluding diaryl/α,β-unsaturated/α-hetero) is 1. The van der Waals surface area contributed by atoms with Crippen molar-refractivity contribution in [2.45, 2.75) is 53.4 Å². The molecule has 3 nitrogen and oxygen atoms in total. The Bertz CT molecular complexity index is 893. The molecular weight excluding hydrogens is 348 g/mol. The van der Waals surface area contributed by atoms with Gasteiger partial charge in [-0.15, -0.1) is 0 Å². The van der Waals surface area contributed by atoms with E-state index in [1.807, 2.05) is 37.3 Å². The molecule has 0 atom stereocenters. The van der Waals surface area contributed by atoms with E-state index in [9.17, 15) is 4.79 Å². The molecule has 0 amide bonds. The second-order valence-electron chi connectivity index (χ2n) is 7.50. The molecule has 0 unspecified atom stereocenters. The van der Waals surface area contributed by atoms with Crippen molar-refractivity contribution in [3.63, 3.8) is 0 Å². The van der Waals surface area contributed by atoms with Crippen LogP contribution in [0, 0.1) is 13.8 Å². The Morgan fingerprint density at radius 1 is 0.964 bits per heavy atom. The molecule has 3 rings (SSSR count). The maximum absolute atomic E-state index is 13.1. The van der Waals surface area contributed by atoms with Gasteiger partial charge in [-0.2, -0.15) is 0 Å². The molecule has 0 N–H and O–H groups in total. The Labute approximate surface area is 168 Å². The number of aryl methyl sites for hydroxylation is 2. The Morgan fingerprint density at radius 2 is 1.71 bits per heavy atom. The summed E-state index contributed by atoms with van der Waals surface area (Å²) in [4.78, 5) is 13.1. The van der Waals surface area contributed by atoms with Crippen LogP contribution in [0.25, 0.3) is 6.08 Å². The van der Waals surface area contributed by atoms with Gasteiger partial charge < -0.3 is 9.47 Å². The quantitative estimate of drug-likeness (QED) is 0.547. The lowest BCUT2D eigenvalue weighted by Crippen LogP contribution is -2.15. The molecule has 0 bridgehead atoms. The third-order valence-corrected chi connectivity index (χ3v) is 5.05.